The Morgan fingerprint density at radius 2 is 1.57 bits per heavy atom. The number of imide groups is 2. The molecular formula is C41H42ClN9O7. The summed E-state index contributed by atoms with van der Waals surface area (Å²) in [6.07, 6.45) is 2.92. The quantitative estimate of drug-likeness (QED) is 0.316. The summed E-state index contributed by atoms with van der Waals surface area (Å²) < 4.78 is 6.33. The van der Waals surface area contributed by atoms with E-state index in [1.165, 1.54) is 12.4 Å². The molecule has 0 bridgehead atoms. The maximum atomic E-state index is 13.4. The molecule has 2 saturated heterocycles. The average molecular weight is 808 g/mol. The van der Waals surface area contributed by atoms with Crippen molar-refractivity contribution in [3.8, 4) is 11.8 Å². The van der Waals surface area contributed by atoms with Gasteiger partial charge in [0.1, 0.15) is 24.0 Å². The number of carbonyl (C=O) groups is 6. The third-order valence-corrected chi connectivity index (χ3v) is 12.5. The van der Waals surface area contributed by atoms with Gasteiger partial charge in [-0.15, -0.1) is 0 Å². The van der Waals surface area contributed by atoms with Crippen LogP contribution in [-0.2, 0) is 27.5 Å². The molecule has 16 nitrogen and oxygen atoms in total. The summed E-state index contributed by atoms with van der Waals surface area (Å²) >= 11 is 6.23. The van der Waals surface area contributed by atoms with E-state index in [4.69, 9.17) is 16.3 Å². The highest BCUT2D eigenvalue weighted by Gasteiger charge is 2.64. The number of anilines is 1. The van der Waals surface area contributed by atoms with Gasteiger partial charge < -0.3 is 19.9 Å². The molecule has 1 unspecified atom stereocenters. The molecule has 4 aliphatic heterocycles. The number of ether oxygens (including phenoxy) is 1. The first-order chi connectivity index (χ1) is 27.6. The van der Waals surface area contributed by atoms with Gasteiger partial charge in [-0.1, -0.05) is 39.3 Å². The summed E-state index contributed by atoms with van der Waals surface area (Å²) in [5, 5.41) is 14.9. The number of carbonyl (C=O) groups excluding carboxylic acids is 6. The number of nitriles is 1. The summed E-state index contributed by atoms with van der Waals surface area (Å²) in [7, 11) is 0. The average Bonchev–Trinajstić information content (AvgIpc) is 3.70. The zero-order chi connectivity index (χ0) is 41.3. The molecule has 1 saturated carbocycles. The molecule has 300 valence electrons. The number of rotatable bonds is 8. The number of fused-ring (bicyclic) bond motifs is 2. The summed E-state index contributed by atoms with van der Waals surface area (Å²) in [5.41, 5.74) is 1.99. The SMILES string of the molecule is CC1(C)C(NC(=O)c2cnc(N3CCN(C(=O)CN4Cc5cc6c(cc5C4)C(=O)N(C4CCC(=O)NC4=O)C6=O)CC3)nc2)C(C)(C)C1Oc1ccc(C#N)c(Cl)c1. The number of nitrogens with one attached hydrogen (secondary N) is 2. The Balaban J connectivity index is 0.816. The number of halogens is 1. The number of benzene rings is 2. The molecule has 3 aromatic rings. The van der Waals surface area contributed by atoms with Crippen LogP contribution in [0.5, 0.6) is 5.75 Å². The van der Waals surface area contributed by atoms with Crippen molar-refractivity contribution < 1.29 is 33.5 Å². The second-order valence-corrected chi connectivity index (χ2v) is 17.1. The van der Waals surface area contributed by atoms with Crippen molar-refractivity contribution in [2.75, 3.05) is 37.6 Å². The molecule has 6 amide bonds. The Labute approximate surface area is 339 Å². The smallest absolute Gasteiger partial charge is 0.262 e. The van der Waals surface area contributed by atoms with Crippen LogP contribution in [0.15, 0.2) is 42.7 Å². The number of piperidine rings is 1. The maximum Gasteiger partial charge on any atom is 0.262 e. The first-order valence-corrected chi connectivity index (χ1v) is 19.6. The van der Waals surface area contributed by atoms with E-state index >= 15 is 0 Å². The predicted octanol–water partition coefficient (Wildman–Crippen LogP) is 2.68. The minimum atomic E-state index is -1.02. The number of amides is 6. The second kappa shape index (κ2) is 14.5. The molecule has 5 heterocycles. The van der Waals surface area contributed by atoms with Crippen molar-refractivity contribution in [1.29, 1.82) is 5.26 Å². The third-order valence-electron chi connectivity index (χ3n) is 12.2. The monoisotopic (exact) mass is 807 g/mol. The molecule has 3 fully saturated rings. The maximum absolute atomic E-state index is 13.4. The standard InChI is InChI=1S/C41H42ClN9O7/c1-40(2)37(41(3,4)38(40)58-26-6-5-22(16-43)29(42)15-26)47-33(54)25-17-44-39(45-18-25)50-11-9-49(10-12-50)32(53)21-48-19-23-13-27-28(14-24(23)20-48)36(57)51(35(27)56)30-7-8-31(52)46-34(30)55/h5-6,13-15,17-18,30,37-38H,7-12,19-21H2,1-4H3,(H,47,54)(H,46,52,55). The molecule has 2 N–H and O–H groups in total. The summed E-state index contributed by atoms with van der Waals surface area (Å²) in [6, 6.07) is 9.15. The van der Waals surface area contributed by atoms with Gasteiger partial charge >= 0.3 is 0 Å². The van der Waals surface area contributed by atoms with Crippen LogP contribution in [0.4, 0.5) is 5.95 Å². The van der Waals surface area contributed by atoms with Crippen LogP contribution in [0.2, 0.25) is 5.02 Å². The Bertz CT molecular complexity index is 2260. The van der Waals surface area contributed by atoms with E-state index in [0.29, 0.717) is 67.1 Å². The fourth-order valence-electron chi connectivity index (χ4n) is 9.41. The molecule has 1 aliphatic carbocycles. The molecule has 0 spiro atoms. The van der Waals surface area contributed by atoms with Gasteiger partial charge in [-0.2, -0.15) is 5.26 Å². The molecule has 1 atom stereocenters. The molecule has 1 aromatic heterocycles. The summed E-state index contributed by atoms with van der Waals surface area (Å²) in [6.45, 7) is 11.1. The molecule has 0 radical (unpaired) electrons. The highest BCUT2D eigenvalue weighted by molar-refractivity contribution is 6.31. The Kier molecular flexibility index (Phi) is 9.72. The number of hydrogen-bond acceptors (Lipinski definition) is 12. The Hall–Kier alpha value is -5.92. The topological polar surface area (TPSA) is 198 Å². The van der Waals surface area contributed by atoms with Gasteiger partial charge in [0.15, 0.2) is 0 Å². The summed E-state index contributed by atoms with van der Waals surface area (Å²) in [5.74, 6) is -1.51. The first kappa shape index (κ1) is 38.9. The van der Waals surface area contributed by atoms with Crippen molar-refractivity contribution in [2.45, 2.75) is 71.8 Å². The minimum absolute atomic E-state index is 0.0423. The predicted molar refractivity (Wildman–Crippen MR) is 207 cm³/mol. The van der Waals surface area contributed by atoms with E-state index in [2.05, 4.69) is 20.6 Å². The summed E-state index contributed by atoms with van der Waals surface area (Å²) in [4.78, 5) is 93.0. The van der Waals surface area contributed by atoms with Crippen LogP contribution in [0.25, 0.3) is 0 Å². The van der Waals surface area contributed by atoms with Crippen molar-refractivity contribution in [1.82, 2.24) is 35.3 Å². The molecule has 17 heteroatoms. The number of aromatic nitrogens is 2. The third kappa shape index (κ3) is 6.71. The first-order valence-electron chi connectivity index (χ1n) is 19.2. The zero-order valence-corrected chi connectivity index (χ0v) is 33.3. The van der Waals surface area contributed by atoms with Crippen molar-refractivity contribution in [3.63, 3.8) is 0 Å². The van der Waals surface area contributed by atoms with Crippen molar-refractivity contribution in [3.05, 3.63) is 81.1 Å². The highest BCUT2D eigenvalue weighted by Crippen LogP contribution is 2.55. The Morgan fingerprint density at radius 3 is 2.14 bits per heavy atom. The van der Waals surface area contributed by atoms with E-state index in [1.54, 1.807) is 35.2 Å². The van der Waals surface area contributed by atoms with E-state index in [9.17, 15) is 34.0 Å². The molecule has 8 rings (SSSR count). The number of nitrogens with zero attached hydrogens (tertiary/aromatic N) is 7. The van der Waals surface area contributed by atoms with Crippen molar-refractivity contribution in [2.24, 2.45) is 10.8 Å². The molecular weight excluding hydrogens is 766 g/mol. The normalized spacial score (nSPS) is 23.4. The van der Waals surface area contributed by atoms with Gasteiger partial charge in [-0.25, -0.2) is 9.97 Å². The van der Waals surface area contributed by atoms with E-state index < -0.39 is 40.5 Å². The van der Waals surface area contributed by atoms with Gasteiger partial charge in [0.05, 0.1) is 33.8 Å². The van der Waals surface area contributed by atoms with Gasteiger partial charge in [-0.05, 0) is 41.8 Å². The highest BCUT2D eigenvalue weighted by atomic mass is 35.5. The van der Waals surface area contributed by atoms with Crippen LogP contribution in [0.1, 0.15) is 88.3 Å². The fraction of sp³-hybridized carbons (Fsp3) is 0.439. The van der Waals surface area contributed by atoms with E-state index in [-0.39, 0.29) is 54.5 Å². The lowest BCUT2D eigenvalue weighted by atomic mass is 9.49. The second-order valence-electron chi connectivity index (χ2n) is 16.7. The largest absolute Gasteiger partial charge is 0.489 e. The molecule has 2 aromatic carbocycles. The fourth-order valence-corrected chi connectivity index (χ4v) is 9.62. The number of piperazine rings is 1. The zero-order valence-electron chi connectivity index (χ0n) is 32.5. The van der Waals surface area contributed by atoms with Gasteiger partial charge in [0.25, 0.3) is 17.7 Å². The van der Waals surface area contributed by atoms with Gasteiger partial charge in [-0.3, -0.25) is 43.9 Å². The van der Waals surface area contributed by atoms with Crippen LogP contribution >= 0.6 is 11.6 Å². The van der Waals surface area contributed by atoms with Crippen LogP contribution in [0, 0.1) is 22.2 Å². The Morgan fingerprint density at radius 1 is 0.948 bits per heavy atom. The minimum Gasteiger partial charge on any atom is -0.489 e. The lowest BCUT2D eigenvalue weighted by Crippen LogP contribution is -2.74. The van der Waals surface area contributed by atoms with E-state index in [1.807, 2.05) is 43.6 Å². The molecule has 5 aliphatic rings. The van der Waals surface area contributed by atoms with Gasteiger partial charge in [0, 0.05) is 81.0 Å². The lowest BCUT2D eigenvalue weighted by molar-refractivity contribution is -0.164. The van der Waals surface area contributed by atoms with Crippen LogP contribution in [0.3, 0.4) is 0 Å². The molecule has 58 heavy (non-hydrogen) atoms. The van der Waals surface area contributed by atoms with E-state index in [0.717, 1.165) is 16.0 Å². The van der Waals surface area contributed by atoms with Crippen molar-refractivity contribution >= 4 is 53.0 Å². The lowest BCUT2D eigenvalue weighted by Gasteiger charge is -2.63. The van der Waals surface area contributed by atoms with Crippen LogP contribution in [-0.4, -0.2) is 111 Å². The van der Waals surface area contributed by atoms with Crippen LogP contribution < -0.4 is 20.3 Å². The van der Waals surface area contributed by atoms with Gasteiger partial charge in [0.2, 0.25) is 23.7 Å². The number of hydrogen-bond donors (Lipinski definition) is 2.